The van der Waals surface area contributed by atoms with Gasteiger partial charge in [0.1, 0.15) is 5.84 Å². The lowest BCUT2D eigenvalue weighted by atomic mass is 9.72. The number of amides is 1. The highest BCUT2D eigenvalue weighted by Gasteiger charge is 2.43. The highest BCUT2D eigenvalue weighted by Crippen LogP contribution is 2.39. The van der Waals surface area contributed by atoms with E-state index < -0.39 is 5.41 Å². The van der Waals surface area contributed by atoms with Gasteiger partial charge in [0.05, 0.1) is 25.7 Å². The molecule has 0 spiro atoms. The predicted molar refractivity (Wildman–Crippen MR) is 166 cm³/mol. The molecule has 1 fully saturated rings. The van der Waals surface area contributed by atoms with Gasteiger partial charge in [-0.1, -0.05) is 54.6 Å². The lowest BCUT2D eigenvalue weighted by Gasteiger charge is -2.43. The van der Waals surface area contributed by atoms with Crippen LogP contribution in [0.15, 0.2) is 71.7 Å². The van der Waals surface area contributed by atoms with Crippen LogP contribution in [-0.4, -0.2) is 49.8 Å². The molecule has 7 heteroatoms. The Labute approximate surface area is 248 Å². The lowest BCUT2D eigenvalue weighted by molar-refractivity contribution is -0.134. The molecule has 0 saturated carbocycles. The molecule has 0 aromatic heterocycles. The summed E-state index contributed by atoms with van der Waals surface area (Å²) in [6, 6.07) is 22.8. The number of aryl methyl sites for hydroxylation is 2. The van der Waals surface area contributed by atoms with Crippen LogP contribution in [0, 0.1) is 10.8 Å². The second kappa shape index (κ2) is 12.0. The third-order valence-corrected chi connectivity index (χ3v) is 9.35. The molecule has 218 valence electrons. The maximum atomic E-state index is 14.2. The first-order valence-corrected chi connectivity index (χ1v) is 15.1. The molecule has 7 nitrogen and oxygen atoms in total. The van der Waals surface area contributed by atoms with E-state index in [9.17, 15) is 4.79 Å². The number of carbonyl (C=O) groups is 1. The van der Waals surface area contributed by atoms with Gasteiger partial charge >= 0.3 is 0 Å². The van der Waals surface area contributed by atoms with Crippen molar-refractivity contribution in [3.8, 4) is 11.5 Å². The molecule has 0 radical (unpaired) electrons. The molecule has 2 N–H and O–H groups in total. The number of nitrogens with one attached hydrogen (secondary N) is 2. The summed E-state index contributed by atoms with van der Waals surface area (Å²) in [5.74, 6) is 2.60. The first-order valence-electron chi connectivity index (χ1n) is 15.1. The summed E-state index contributed by atoms with van der Waals surface area (Å²) < 4.78 is 11.0. The summed E-state index contributed by atoms with van der Waals surface area (Å²) in [4.78, 5) is 21.3. The van der Waals surface area contributed by atoms with E-state index in [4.69, 9.17) is 19.9 Å². The number of rotatable bonds is 6. The van der Waals surface area contributed by atoms with Gasteiger partial charge in [-0.05, 0) is 79.3 Å². The number of carbonyl (C=O) groups excluding carboxylic acids is 1. The zero-order valence-corrected chi connectivity index (χ0v) is 24.6. The zero-order chi connectivity index (χ0) is 29.1. The number of nitrogens with zero attached hydrogens (tertiary/aromatic N) is 2. The highest BCUT2D eigenvalue weighted by atomic mass is 16.5. The van der Waals surface area contributed by atoms with Crippen LogP contribution in [-0.2, 0) is 24.1 Å². The van der Waals surface area contributed by atoms with Gasteiger partial charge in [0.15, 0.2) is 17.3 Å². The Balaban J connectivity index is 1.21. The Hall–Kier alpha value is -4.13. The number of hydrogen-bond acceptors (Lipinski definition) is 5. The minimum absolute atomic E-state index is 0.0623. The van der Waals surface area contributed by atoms with Gasteiger partial charge in [0.2, 0.25) is 5.91 Å². The van der Waals surface area contributed by atoms with E-state index in [-0.39, 0.29) is 17.8 Å². The van der Waals surface area contributed by atoms with E-state index >= 15 is 0 Å². The van der Waals surface area contributed by atoms with Gasteiger partial charge in [-0.2, -0.15) is 0 Å². The van der Waals surface area contributed by atoms with Crippen LogP contribution >= 0.6 is 0 Å². The molecule has 3 aliphatic rings. The number of ether oxygens (including phenoxy) is 2. The number of piperidine rings is 1. The molecule has 1 unspecified atom stereocenters. The second-order valence-electron chi connectivity index (χ2n) is 11.8. The number of likely N-dealkylation sites (tertiary alicyclic amines) is 1. The number of aliphatic imine (C=N–C) groups is 1. The Morgan fingerprint density at radius 3 is 2.43 bits per heavy atom. The van der Waals surface area contributed by atoms with E-state index in [0.29, 0.717) is 11.5 Å². The van der Waals surface area contributed by atoms with Crippen LogP contribution < -0.4 is 14.8 Å². The number of amidine groups is 2. The van der Waals surface area contributed by atoms with Crippen LogP contribution in [0.3, 0.4) is 0 Å². The molecule has 1 atom stereocenters. The van der Waals surface area contributed by atoms with Crippen molar-refractivity contribution in [3.05, 3.63) is 94.5 Å². The minimum atomic E-state index is -0.493. The average Bonchev–Trinajstić information content (AvgIpc) is 3.19. The fraction of sp³-hybridized carbons (Fsp3) is 0.400. The smallest absolute Gasteiger partial charge is 0.227 e. The summed E-state index contributed by atoms with van der Waals surface area (Å²) >= 11 is 0. The Morgan fingerprint density at radius 1 is 0.952 bits per heavy atom. The maximum absolute atomic E-state index is 14.2. The fourth-order valence-electron chi connectivity index (χ4n) is 6.95. The number of methoxy groups -OCH3 is 2. The van der Waals surface area contributed by atoms with Crippen LogP contribution in [0.5, 0.6) is 11.5 Å². The van der Waals surface area contributed by atoms with Crippen molar-refractivity contribution in [1.29, 1.82) is 5.41 Å². The molecule has 6 rings (SSSR count). The van der Waals surface area contributed by atoms with Gasteiger partial charge in [0.25, 0.3) is 0 Å². The molecule has 2 aliphatic heterocycles. The van der Waals surface area contributed by atoms with Gasteiger partial charge in [-0.25, -0.2) is 4.99 Å². The minimum Gasteiger partial charge on any atom is -0.493 e. The summed E-state index contributed by atoms with van der Waals surface area (Å²) in [6.07, 6.45) is 6.85. The van der Waals surface area contributed by atoms with Crippen molar-refractivity contribution in [3.63, 3.8) is 0 Å². The summed E-state index contributed by atoms with van der Waals surface area (Å²) in [6.45, 7) is 1.47. The summed E-state index contributed by atoms with van der Waals surface area (Å²) in [5.41, 5.74) is 5.14. The summed E-state index contributed by atoms with van der Waals surface area (Å²) in [5, 5.41) is 12.3. The van der Waals surface area contributed by atoms with Crippen LogP contribution in [0.25, 0.3) is 0 Å². The molecule has 2 heterocycles. The van der Waals surface area contributed by atoms with Crippen LogP contribution in [0.4, 0.5) is 0 Å². The summed E-state index contributed by atoms with van der Waals surface area (Å²) in [7, 11) is 3.24. The molecular formula is C35H40N4O3. The monoisotopic (exact) mass is 564 g/mol. The third-order valence-electron chi connectivity index (χ3n) is 9.35. The topological polar surface area (TPSA) is 87.0 Å². The van der Waals surface area contributed by atoms with E-state index in [0.717, 1.165) is 81.4 Å². The van der Waals surface area contributed by atoms with E-state index in [1.807, 2.05) is 18.2 Å². The van der Waals surface area contributed by atoms with Crippen LogP contribution in [0.2, 0.25) is 0 Å². The molecule has 42 heavy (non-hydrogen) atoms. The van der Waals surface area contributed by atoms with Gasteiger partial charge in [-0.15, -0.1) is 0 Å². The lowest BCUT2D eigenvalue weighted by Crippen LogP contribution is -2.52. The van der Waals surface area contributed by atoms with Crippen molar-refractivity contribution in [2.75, 3.05) is 27.3 Å². The van der Waals surface area contributed by atoms with Crippen LogP contribution in [0.1, 0.15) is 66.0 Å². The molecule has 1 amide bonds. The molecule has 1 aliphatic carbocycles. The quantitative estimate of drug-likeness (QED) is 0.391. The fourth-order valence-corrected chi connectivity index (χ4v) is 6.95. The Kier molecular flexibility index (Phi) is 8.00. The molecule has 1 saturated heterocycles. The van der Waals surface area contributed by atoms with Gasteiger partial charge in [0, 0.05) is 25.1 Å². The van der Waals surface area contributed by atoms with E-state index in [1.54, 1.807) is 14.2 Å². The van der Waals surface area contributed by atoms with E-state index in [2.05, 4.69) is 58.7 Å². The largest absolute Gasteiger partial charge is 0.493 e. The van der Waals surface area contributed by atoms with Crippen molar-refractivity contribution < 1.29 is 14.3 Å². The predicted octanol–water partition coefficient (Wildman–Crippen LogP) is 5.89. The number of fused-ring (bicyclic) bond motifs is 2. The van der Waals surface area contributed by atoms with Gasteiger partial charge in [-0.3, -0.25) is 10.2 Å². The maximum Gasteiger partial charge on any atom is 0.227 e. The van der Waals surface area contributed by atoms with Crippen molar-refractivity contribution in [2.24, 2.45) is 10.4 Å². The molecule has 3 aromatic carbocycles. The molecule has 3 aromatic rings. The SMILES string of the molecule is COc1cc2c(cc1OC)C(=N)N=C(N1CCC(Cc3ccccc3)(C(=O)NC3CCCc4ccccc43)CC1)CC2. The highest BCUT2D eigenvalue weighted by molar-refractivity contribution is 6.07. The number of hydrogen-bond donors (Lipinski definition) is 2. The van der Waals surface area contributed by atoms with Crippen molar-refractivity contribution >= 4 is 17.6 Å². The molecular weight excluding hydrogens is 524 g/mol. The number of benzene rings is 3. The third kappa shape index (κ3) is 5.52. The zero-order valence-electron chi connectivity index (χ0n) is 24.6. The Morgan fingerprint density at radius 2 is 1.67 bits per heavy atom. The normalized spacial score (nSPS) is 19.6. The second-order valence-corrected chi connectivity index (χ2v) is 11.8. The van der Waals surface area contributed by atoms with Gasteiger partial charge < -0.3 is 19.7 Å². The molecule has 0 bridgehead atoms. The first-order chi connectivity index (χ1) is 20.5. The first kappa shape index (κ1) is 28.0. The average molecular weight is 565 g/mol. The Bertz CT molecular complexity index is 1490. The van der Waals surface area contributed by atoms with Crippen molar-refractivity contribution in [1.82, 2.24) is 10.2 Å². The standard InChI is InChI=1S/C35H40N4O3/c1-41-30-21-26-15-16-32(38-33(36)28(26)22-31(30)42-2)39-19-17-35(18-20-39,23-24-9-4-3-5-10-24)34(40)37-29-14-8-12-25-11-6-7-13-27(25)29/h3-7,9-11,13,21-22,29,36H,8,12,14-20,23H2,1-2H3,(H,37,40). The van der Waals surface area contributed by atoms with Crippen molar-refractivity contribution in [2.45, 2.75) is 57.4 Å². The van der Waals surface area contributed by atoms with E-state index in [1.165, 1.54) is 16.7 Å².